The van der Waals surface area contributed by atoms with Crippen LogP contribution in [0.4, 0.5) is 0 Å². The summed E-state index contributed by atoms with van der Waals surface area (Å²) in [6.45, 7) is 1.74. The Morgan fingerprint density at radius 3 is 3.05 bits per heavy atom. The van der Waals surface area contributed by atoms with Crippen molar-refractivity contribution < 1.29 is 5.11 Å². The third kappa shape index (κ3) is 2.96. The summed E-state index contributed by atoms with van der Waals surface area (Å²) in [5.41, 5.74) is 1.98. The smallest absolute Gasteiger partial charge is 0.155 e. The van der Waals surface area contributed by atoms with Gasteiger partial charge < -0.3 is 10.4 Å². The lowest BCUT2D eigenvalue weighted by Crippen LogP contribution is -2.22. The van der Waals surface area contributed by atoms with E-state index in [4.69, 9.17) is 0 Å². The Balaban J connectivity index is 1.61. The van der Waals surface area contributed by atoms with E-state index in [-0.39, 0.29) is 6.10 Å². The quantitative estimate of drug-likeness (QED) is 0.899. The number of aliphatic hydroxyl groups is 1. The van der Waals surface area contributed by atoms with Gasteiger partial charge in [-0.1, -0.05) is 0 Å². The van der Waals surface area contributed by atoms with Gasteiger partial charge in [0.25, 0.3) is 0 Å². The second-order valence-electron chi connectivity index (χ2n) is 5.15. The minimum Gasteiger partial charge on any atom is -0.393 e. The summed E-state index contributed by atoms with van der Waals surface area (Å²) in [4.78, 5) is 8.48. The molecular weight excluding hydrogens is 308 g/mol. The molecule has 102 valence electrons. The standard InChI is InChI=1S/C13H17BrN4O/c14-12-8-18-10(6-17-13(18)7-16-12)5-15-4-9-1-2-11(19)3-9/h6-9,11,15,19H,1-5H2. The van der Waals surface area contributed by atoms with Crippen LogP contribution in [-0.4, -0.2) is 32.1 Å². The lowest BCUT2D eigenvalue weighted by atomic mass is 10.1. The van der Waals surface area contributed by atoms with E-state index in [1.165, 1.54) is 0 Å². The van der Waals surface area contributed by atoms with E-state index in [0.29, 0.717) is 5.92 Å². The summed E-state index contributed by atoms with van der Waals surface area (Å²) in [6, 6.07) is 0. The molecule has 1 saturated carbocycles. The van der Waals surface area contributed by atoms with E-state index >= 15 is 0 Å². The lowest BCUT2D eigenvalue weighted by molar-refractivity contribution is 0.177. The monoisotopic (exact) mass is 324 g/mol. The van der Waals surface area contributed by atoms with Crippen molar-refractivity contribution in [3.05, 3.63) is 28.9 Å². The van der Waals surface area contributed by atoms with Gasteiger partial charge in [0.1, 0.15) is 4.60 Å². The first-order chi connectivity index (χ1) is 9.22. The van der Waals surface area contributed by atoms with Gasteiger partial charge in [0.05, 0.1) is 24.2 Å². The van der Waals surface area contributed by atoms with Crippen LogP contribution in [0.3, 0.4) is 0 Å². The van der Waals surface area contributed by atoms with Crippen LogP contribution in [0.5, 0.6) is 0 Å². The van der Waals surface area contributed by atoms with Crippen molar-refractivity contribution in [1.82, 2.24) is 19.7 Å². The van der Waals surface area contributed by atoms with E-state index in [2.05, 4.69) is 31.2 Å². The predicted molar refractivity (Wildman–Crippen MR) is 75.7 cm³/mol. The number of aliphatic hydroxyl groups excluding tert-OH is 1. The van der Waals surface area contributed by atoms with Crippen molar-refractivity contribution in [2.75, 3.05) is 6.54 Å². The summed E-state index contributed by atoms with van der Waals surface area (Å²) >= 11 is 3.37. The van der Waals surface area contributed by atoms with Gasteiger partial charge in [-0.15, -0.1) is 0 Å². The van der Waals surface area contributed by atoms with Crippen molar-refractivity contribution in [2.24, 2.45) is 5.92 Å². The van der Waals surface area contributed by atoms with E-state index < -0.39 is 0 Å². The summed E-state index contributed by atoms with van der Waals surface area (Å²) in [6.07, 6.45) is 8.46. The zero-order valence-corrected chi connectivity index (χ0v) is 12.2. The highest BCUT2D eigenvalue weighted by atomic mass is 79.9. The van der Waals surface area contributed by atoms with Crippen molar-refractivity contribution in [3.8, 4) is 0 Å². The van der Waals surface area contributed by atoms with Crippen LogP contribution in [0.1, 0.15) is 25.0 Å². The van der Waals surface area contributed by atoms with Crippen LogP contribution < -0.4 is 5.32 Å². The number of nitrogens with one attached hydrogen (secondary N) is 1. The second-order valence-corrected chi connectivity index (χ2v) is 5.96. The number of imidazole rings is 1. The number of rotatable bonds is 4. The molecule has 0 amide bonds. The Hall–Kier alpha value is -0.980. The fraction of sp³-hybridized carbons (Fsp3) is 0.538. The average Bonchev–Trinajstić information content (AvgIpc) is 2.97. The molecule has 3 rings (SSSR count). The molecule has 0 radical (unpaired) electrons. The molecule has 0 saturated heterocycles. The predicted octanol–water partition coefficient (Wildman–Crippen LogP) is 1.74. The maximum absolute atomic E-state index is 9.50. The third-order valence-electron chi connectivity index (χ3n) is 3.69. The molecule has 0 bridgehead atoms. The van der Waals surface area contributed by atoms with Crippen LogP contribution in [0.15, 0.2) is 23.2 Å². The number of halogens is 1. The zero-order valence-electron chi connectivity index (χ0n) is 10.6. The van der Waals surface area contributed by atoms with Gasteiger partial charge in [0, 0.05) is 12.7 Å². The summed E-state index contributed by atoms with van der Waals surface area (Å²) < 4.78 is 2.84. The number of aromatic nitrogens is 3. The Bertz CT molecular complexity index is 571. The SMILES string of the molecule is OC1CCC(CNCc2cnc3cnc(Br)cn23)C1. The van der Waals surface area contributed by atoms with Crippen molar-refractivity contribution in [3.63, 3.8) is 0 Å². The minimum atomic E-state index is -0.0929. The van der Waals surface area contributed by atoms with Gasteiger partial charge in [-0.3, -0.25) is 4.40 Å². The first-order valence-electron chi connectivity index (χ1n) is 6.58. The molecule has 2 atom stereocenters. The van der Waals surface area contributed by atoms with Gasteiger partial charge in [-0.2, -0.15) is 0 Å². The van der Waals surface area contributed by atoms with Crippen molar-refractivity contribution in [1.29, 1.82) is 0 Å². The number of hydrogen-bond donors (Lipinski definition) is 2. The molecule has 0 aromatic carbocycles. The molecule has 2 N–H and O–H groups in total. The summed E-state index contributed by atoms with van der Waals surface area (Å²) in [5.74, 6) is 0.600. The molecule has 1 fully saturated rings. The highest BCUT2D eigenvalue weighted by molar-refractivity contribution is 9.10. The third-order valence-corrected chi connectivity index (χ3v) is 4.10. The van der Waals surface area contributed by atoms with Crippen LogP contribution in [-0.2, 0) is 6.54 Å². The largest absolute Gasteiger partial charge is 0.393 e. The van der Waals surface area contributed by atoms with Gasteiger partial charge >= 0.3 is 0 Å². The Morgan fingerprint density at radius 1 is 1.37 bits per heavy atom. The van der Waals surface area contributed by atoms with Crippen molar-refractivity contribution >= 4 is 21.6 Å². The molecule has 2 heterocycles. The molecule has 2 unspecified atom stereocenters. The summed E-state index contributed by atoms with van der Waals surface area (Å²) in [5, 5.41) is 13.0. The van der Waals surface area contributed by atoms with Crippen LogP contribution in [0.25, 0.3) is 5.65 Å². The molecule has 2 aromatic heterocycles. The molecule has 1 aliphatic rings. The average molecular weight is 325 g/mol. The van der Waals surface area contributed by atoms with Crippen LogP contribution in [0.2, 0.25) is 0 Å². The Labute approximate surface area is 120 Å². The molecule has 6 heteroatoms. The highest BCUT2D eigenvalue weighted by Gasteiger charge is 2.22. The number of fused-ring (bicyclic) bond motifs is 1. The van der Waals surface area contributed by atoms with Crippen LogP contribution >= 0.6 is 15.9 Å². The van der Waals surface area contributed by atoms with Gasteiger partial charge in [-0.05, 0) is 47.7 Å². The molecule has 1 aliphatic carbocycles. The second kappa shape index (κ2) is 5.56. The maximum atomic E-state index is 9.50. The highest BCUT2D eigenvalue weighted by Crippen LogP contribution is 2.24. The molecular formula is C13H17BrN4O. The van der Waals surface area contributed by atoms with E-state index in [9.17, 15) is 5.11 Å². The minimum absolute atomic E-state index is 0.0929. The summed E-state index contributed by atoms with van der Waals surface area (Å²) in [7, 11) is 0. The van der Waals surface area contributed by atoms with Gasteiger partial charge in [0.2, 0.25) is 0 Å². The number of nitrogens with zero attached hydrogens (tertiary/aromatic N) is 3. The maximum Gasteiger partial charge on any atom is 0.155 e. The first-order valence-corrected chi connectivity index (χ1v) is 7.38. The molecule has 5 nitrogen and oxygen atoms in total. The van der Waals surface area contributed by atoms with E-state index in [0.717, 1.165) is 48.3 Å². The molecule has 0 aliphatic heterocycles. The molecule has 19 heavy (non-hydrogen) atoms. The normalized spacial score (nSPS) is 23.3. The fourth-order valence-corrected chi connectivity index (χ4v) is 2.99. The first kappa shape index (κ1) is 13.0. The zero-order chi connectivity index (χ0) is 13.2. The Kier molecular flexibility index (Phi) is 3.81. The number of hydrogen-bond acceptors (Lipinski definition) is 4. The topological polar surface area (TPSA) is 62.5 Å². The lowest BCUT2D eigenvalue weighted by Gasteiger charge is -2.10. The molecule has 2 aromatic rings. The van der Waals surface area contributed by atoms with E-state index in [1.54, 1.807) is 6.20 Å². The van der Waals surface area contributed by atoms with Gasteiger partial charge in [0.15, 0.2) is 5.65 Å². The van der Waals surface area contributed by atoms with Gasteiger partial charge in [-0.25, -0.2) is 9.97 Å². The fourth-order valence-electron chi connectivity index (χ4n) is 2.69. The Morgan fingerprint density at radius 2 is 2.26 bits per heavy atom. The van der Waals surface area contributed by atoms with Crippen molar-refractivity contribution in [2.45, 2.75) is 31.9 Å². The van der Waals surface area contributed by atoms with Crippen LogP contribution in [0, 0.1) is 5.92 Å². The molecule has 0 spiro atoms. The van der Waals surface area contributed by atoms with E-state index in [1.807, 2.05) is 16.8 Å².